The molecule has 0 amide bonds. The SMILES string of the molecule is COc1ccc(S(=O)(=O)NC2CCc3ccc(C(=O)O)cc3C2)cc1OC. The van der Waals surface area contributed by atoms with E-state index in [0.717, 1.165) is 11.1 Å². The largest absolute Gasteiger partial charge is 0.493 e. The summed E-state index contributed by atoms with van der Waals surface area (Å²) < 4.78 is 38.5. The molecule has 0 aromatic heterocycles. The second-order valence-corrected chi connectivity index (χ2v) is 8.08. The van der Waals surface area contributed by atoms with Crippen molar-refractivity contribution < 1.29 is 27.8 Å². The number of rotatable bonds is 6. The Kier molecular flexibility index (Phi) is 5.38. The van der Waals surface area contributed by atoms with Crippen molar-refractivity contribution in [1.29, 1.82) is 0 Å². The van der Waals surface area contributed by atoms with Crippen LogP contribution in [0.2, 0.25) is 0 Å². The van der Waals surface area contributed by atoms with E-state index in [-0.39, 0.29) is 16.5 Å². The molecular weight excluding hydrogens is 370 g/mol. The maximum absolute atomic E-state index is 12.8. The standard InChI is InChI=1S/C19H21NO6S/c1-25-17-8-7-16(11-18(17)26-2)27(23,24)20-15-6-5-12-3-4-13(19(21)22)9-14(12)10-15/h3-4,7-9,11,15,20H,5-6,10H2,1-2H3,(H,21,22). The first-order valence-electron chi connectivity index (χ1n) is 8.43. The molecule has 27 heavy (non-hydrogen) atoms. The molecule has 0 bridgehead atoms. The Morgan fingerprint density at radius 1 is 1.07 bits per heavy atom. The molecule has 2 N–H and O–H groups in total. The van der Waals surface area contributed by atoms with Crippen LogP contribution in [0.4, 0.5) is 0 Å². The lowest BCUT2D eigenvalue weighted by Gasteiger charge is -2.25. The first kappa shape index (κ1) is 19.2. The first-order valence-corrected chi connectivity index (χ1v) is 9.92. The van der Waals surface area contributed by atoms with Gasteiger partial charge in [0, 0.05) is 12.1 Å². The van der Waals surface area contributed by atoms with Gasteiger partial charge < -0.3 is 14.6 Å². The molecule has 1 atom stereocenters. The molecule has 0 radical (unpaired) electrons. The minimum Gasteiger partial charge on any atom is -0.493 e. The number of benzene rings is 2. The molecule has 0 saturated carbocycles. The van der Waals surface area contributed by atoms with Gasteiger partial charge in [-0.05, 0) is 54.7 Å². The first-order chi connectivity index (χ1) is 12.8. The van der Waals surface area contributed by atoms with Crippen LogP contribution in [0.1, 0.15) is 27.9 Å². The van der Waals surface area contributed by atoms with E-state index in [9.17, 15) is 13.2 Å². The smallest absolute Gasteiger partial charge is 0.335 e. The number of ether oxygens (including phenoxy) is 2. The van der Waals surface area contributed by atoms with Gasteiger partial charge >= 0.3 is 5.97 Å². The highest BCUT2D eigenvalue weighted by atomic mass is 32.2. The molecule has 1 aliphatic carbocycles. The summed E-state index contributed by atoms with van der Waals surface area (Å²) >= 11 is 0. The van der Waals surface area contributed by atoms with Crippen molar-refractivity contribution >= 4 is 16.0 Å². The Hall–Kier alpha value is -2.58. The molecule has 8 heteroatoms. The molecule has 3 rings (SSSR count). The average molecular weight is 391 g/mol. The number of hydrogen-bond donors (Lipinski definition) is 2. The summed E-state index contributed by atoms with van der Waals surface area (Å²) in [6, 6.07) is 9.12. The van der Waals surface area contributed by atoms with Gasteiger partial charge in [-0.25, -0.2) is 17.9 Å². The molecule has 144 valence electrons. The third-order valence-electron chi connectivity index (χ3n) is 4.67. The van der Waals surface area contributed by atoms with Crippen molar-refractivity contribution in [3.63, 3.8) is 0 Å². The molecule has 1 aliphatic rings. The summed E-state index contributed by atoms with van der Waals surface area (Å²) in [5, 5.41) is 9.15. The highest BCUT2D eigenvalue weighted by Gasteiger charge is 2.26. The van der Waals surface area contributed by atoms with Gasteiger partial charge in [0.25, 0.3) is 0 Å². The fraction of sp³-hybridized carbons (Fsp3) is 0.316. The van der Waals surface area contributed by atoms with Crippen LogP contribution in [0.15, 0.2) is 41.3 Å². The molecular formula is C19H21NO6S. The number of carbonyl (C=O) groups is 1. The molecule has 0 aliphatic heterocycles. The molecule has 0 heterocycles. The second kappa shape index (κ2) is 7.58. The van der Waals surface area contributed by atoms with Crippen LogP contribution in [-0.2, 0) is 22.9 Å². The van der Waals surface area contributed by atoms with Gasteiger partial charge in [-0.3, -0.25) is 0 Å². The zero-order valence-corrected chi connectivity index (χ0v) is 15.9. The lowest BCUT2D eigenvalue weighted by atomic mass is 9.88. The third-order valence-corrected chi connectivity index (χ3v) is 6.19. The van der Waals surface area contributed by atoms with E-state index in [1.165, 1.54) is 26.4 Å². The predicted molar refractivity (Wildman–Crippen MR) is 99.1 cm³/mol. The molecule has 7 nitrogen and oxygen atoms in total. The minimum absolute atomic E-state index is 0.0882. The quantitative estimate of drug-likeness (QED) is 0.783. The van der Waals surface area contributed by atoms with Crippen molar-refractivity contribution in [2.75, 3.05) is 14.2 Å². The van der Waals surface area contributed by atoms with Crippen LogP contribution >= 0.6 is 0 Å². The van der Waals surface area contributed by atoms with E-state index in [0.29, 0.717) is 30.8 Å². The molecule has 2 aromatic rings. The maximum Gasteiger partial charge on any atom is 0.335 e. The topological polar surface area (TPSA) is 102 Å². The molecule has 2 aromatic carbocycles. The van der Waals surface area contributed by atoms with Crippen LogP contribution in [0, 0.1) is 0 Å². The second-order valence-electron chi connectivity index (χ2n) is 6.37. The number of fused-ring (bicyclic) bond motifs is 1. The Bertz CT molecular complexity index is 970. The van der Waals surface area contributed by atoms with Crippen LogP contribution in [0.25, 0.3) is 0 Å². The summed E-state index contributed by atoms with van der Waals surface area (Å²) in [7, 11) is -0.823. The molecule has 0 fully saturated rings. The predicted octanol–water partition coefficient (Wildman–Crippen LogP) is 2.24. The van der Waals surface area contributed by atoms with Gasteiger partial charge in [0.05, 0.1) is 24.7 Å². The summed E-state index contributed by atoms with van der Waals surface area (Å²) in [6.45, 7) is 0. The monoisotopic (exact) mass is 391 g/mol. The number of aromatic carboxylic acids is 1. The third kappa shape index (κ3) is 4.06. The van der Waals surface area contributed by atoms with E-state index in [1.807, 2.05) is 0 Å². The zero-order valence-electron chi connectivity index (χ0n) is 15.1. The molecule has 0 spiro atoms. The van der Waals surface area contributed by atoms with E-state index in [2.05, 4.69) is 4.72 Å². The van der Waals surface area contributed by atoms with Crippen molar-refractivity contribution in [3.8, 4) is 11.5 Å². The number of methoxy groups -OCH3 is 2. The number of nitrogens with one attached hydrogen (secondary N) is 1. The van der Waals surface area contributed by atoms with Crippen LogP contribution < -0.4 is 14.2 Å². The Labute approximate surface area is 158 Å². The van der Waals surface area contributed by atoms with Crippen LogP contribution in [-0.4, -0.2) is 39.8 Å². The fourth-order valence-electron chi connectivity index (χ4n) is 3.26. The highest BCUT2D eigenvalue weighted by Crippen LogP contribution is 2.30. The summed E-state index contributed by atoms with van der Waals surface area (Å²) in [5.41, 5.74) is 2.12. The van der Waals surface area contributed by atoms with Gasteiger partial charge in [0.2, 0.25) is 10.0 Å². The van der Waals surface area contributed by atoms with Crippen molar-refractivity contribution in [1.82, 2.24) is 4.72 Å². The van der Waals surface area contributed by atoms with E-state index in [1.54, 1.807) is 24.3 Å². The van der Waals surface area contributed by atoms with E-state index >= 15 is 0 Å². The van der Waals surface area contributed by atoms with E-state index in [4.69, 9.17) is 14.6 Å². The van der Waals surface area contributed by atoms with Gasteiger partial charge in [0.1, 0.15) is 0 Å². The Morgan fingerprint density at radius 2 is 1.81 bits per heavy atom. The summed E-state index contributed by atoms with van der Waals surface area (Å²) in [4.78, 5) is 11.2. The van der Waals surface area contributed by atoms with Crippen molar-refractivity contribution in [2.45, 2.75) is 30.2 Å². The Morgan fingerprint density at radius 3 is 2.48 bits per heavy atom. The van der Waals surface area contributed by atoms with Gasteiger partial charge in [-0.2, -0.15) is 0 Å². The van der Waals surface area contributed by atoms with E-state index < -0.39 is 16.0 Å². The summed E-state index contributed by atoms with van der Waals surface area (Å²) in [5.74, 6) is -0.212. The highest BCUT2D eigenvalue weighted by molar-refractivity contribution is 7.89. The van der Waals surface area contributed by atoms with Crippen molar-refractivity contribution in [3.05, 3.63) is 53.1 Å². The minimum atomic E-state index is -3.75. The van der Waals surface area contributed by atoms with Gasteiger partial charge in [0.15, 0.2) is 11.5 Å². The normalized spacial score (nSPS) is 16.4. The van der Waals surface area contributed by atoms with Crippen molar-refractivity contribution in [2.24, 2.45) is 0 Å². The lowest BCUT2D eigenvalue weighted by Crippen LogP contribution is -2.38. The number of carboxylic acid groups (broad SMARTS) is 1. The fourth-order valence-corrected chi connectivity index (χ4v) is 4.55. The lowest BCUT2D eigenvalue weighted by molar-refractivity contribution is 0.0696. The number of carboxylic acids is 1. The molecule has 1 unspecified atom stereocenters. The maximum atomic E-state index is 12.8. The summed E-state index contributed by atoms with van der Waals surface area (Å²) in [6.07, 6.45) is 1.78. The average Bonchev–Trinajstić information content (AvgIpc) is 2.66. The number of hydrogen-bond acceptors (Lipinski definition) is 5. The molecule has 0 saturated heterocycles. The Balaban J connectivity index is 1.81. The number of aryl methyl sites for hydroxylation is 1. The van der Waals surface area contributed by atoms with Gasteiger partial charge in [-0.1, -0.05) is 6.07 Å². The number of sulfonamides is 1. The van der Waals surface area contributed by atoms with Gasteiger partial charge in [-0.15, -0.1) is 0 Å². The van der Waals surface area contributed by atoms with Crippen LogP contribution in [0.3, 0.4) is 0 Å². The zero-order chi connectivity index (χ0) is 19.6. The van der Waals surface area contributed by atoms with Crippen LogP contribution in [0.5, 0.6) is 11.5 Å².